The molecule has 22 heavy (non-hydrogen) atoms. The standard InChI is InChI=1S/C14H12ClN3O3S/c1-8-5-12-13(7-11(8)16)18(14(19)17-12)22(20,21)10-4-2-3-9(15)6-10/h2-7H,16H2,1H3,(H,17,19). The van der Waals surface area contributed by atoms with E-state index in [2.05, 4.69) is 4.98 Å². The molecule has 8 heteroatoms. The topological polar surface area (TPSA) is 98.0 Å². The van der Waals surface area contributed by atoms with Crippen LogP contribution < -0.4 is 11.4 Å². The van der Waals surface area contributed by atoms with Crippen LogP contribution in [0.15, 0.2) is 46.1 Å². The molecule has 0 bridgehead atoms. The van der Waals surface area contributed by atoms with Crippen molar-refractivity contribution in [3.05, 3.63) is 57.5 Å². The van der Waals surface area contributed by atoms with Crippen LogP contribution in [0.4, 0.5) is 5.69 Å². The van der Waals surface area contributed by atoms with Gasteiger partial charge < -0.3 is 10.7 Å². The maximum atomic E-state index is 12.7. The number of halogens is 1. The van der Waals surface area contributed by atoms with Crippen molar-refractivity contribution in [1.29, 1.82) is 0 Å². The zero-order valence-corrected chi connectivity index (χ0v) is 13.1. The van der Waals surface area contributed by atoms with Crippen molar-refractivity contribution in [3.8, 4) is 0 Å². The van der Waals surface area contributed by atoms with Crippen LogP contribution in [0.2, 0.25) is 5.02 Å². The number of nitrogens with one attached hydrogen (secondary N) is 1. The second kappa shape index (κ2) is 4.89. The average Bonchev–Trinajstić information content (AvgIpc) is 2.75. The molecule has 1 heterocycles. The van der Waals surface area contributed by atoms with Gasteiger partial charge in [-0.3, -0.25) is 0 Å². The first-order valence-electron chi connectivity index (χ1n) is 6.33. The Hall–Kier alpha value is -2.25. The molecule has 0 spiro atoms. The Morgan fingerprint density at radius 3 is 2.64 bits per heavy atom. The molecule has 0 radical (unpaired) electrons. The van der Waals surface area contributed by atoms with Crippen LogP contribution in [0.3, 0.4) is 0 Å². The van der Waals surface area contributed by atoms with Crippen molar-refractivity contribution in [2.45, 2.75) is 11.8 Å². The molecule has 1 aromatic heterocycles. The zero-order valence-electron chi connectivity index (χ0n) is 11.5. The van der Waals surface area contributed by atoms with Gasteiger partial charge in [0.05, 0.1) is 15.9 Å². The van der Waals surface area contributed by atoms with Crippen LogP contribution in [0.1, 0.15) is 5.56 Å². The van der Waals surface area contributed by atoms with Gasteiger partial charge in [-0.2, -0.15) is 3.97 Å². The van der Waals surface area contributed by atoms with Crippen molar-refractivity contribution in [1.82, 2.24) is 8.96 Å². The number of aromatic amines is 1. The van der Waals surface area contributed by atoms with Gasteiger partial charge in [0.25, 0.3) is 10.0 Å². The zero-order chi connectivity index (χ0) is 16.1. The van der Waals surface area contributed by atoms with E-state index in [1.54, 1.807) is 19.1 Å². The van der Waals surface area contributed by atoms with Crippen molar-refractivity contribution < 1.29 is 8.42 Å². The molecule has 6 nitrogen and oxygen atoms in total. The summed E-state index contributed by atoms with van der Waals surface area (Å²) in [4.78, 5) is 14.6. The molecule has 3 aromatic rings. The predicted octanol–water partition coefficient (Wildman–Crippen LogP) is 2.11. The summed E-state index contributed by atoms with van der Waals surface area (Å²) >= 11 is 5.84. The van der Waals surface area contributed by atoms with E-state index in [4.69, 9.17) is 17.3 Å². The van der Waals surface area contributed by atoms with Gasteiger partial charge in [0.2, 0.25) is 0 Å². The summed E-state index contributed by atoms with van der Waals surface area (Å²) in [5.74, 6) is 0. The van der Waals surface area contributed by atoms with Crippen LogP contribution >= 0.6 is 11.6 Å². The minimum atomic E-state index is -4.07. The Labute approximate surface area is 131 Å². The molecule has 0 amide bonds. The molecule has 2 aromatic carbocycles. The van der Waals surface area contributed by atoms with Gasteiger partial charge in [0, 0.05) is 10.7 Å². The minimum absolute atomic E-state index is 0.0675. The fourth-order valence-corrected chi connectivity index (χ4v) is 3.89. The van der Waals surface area contributed by atoms with Crippen LogP contribution in [0, 0.1) is 6.92 Å². The highest BCUT2D eigenvalue weighted by Crippen LogP contribution is 2.23. The summed E-state index contributed by atoms with van der Waals surface area (Å²) in [5, 5.41) is 0.268. The smallest absolute Gasteiger partial charge is 0.340 e. The fraction of sp³-hybridized carbons (Fsp3) is 0.0714. The number of benzene rings is 2. The summed E-state index contributed by atoms with van der Waals surface area (Å²) in [6, 6.07) is 8.83. The molecule has 0 saturated heterocycles. The Morgan fingerprint density at radius 1 is 1.23 bits per heavy atom. The molecule has 3 rings (SSSR count). The quantitative estimate of drug-likeness (QED) is 0.700. The van der Waals surface area contributed by atoms with Crippen LogP contribution in [0.5, 0.6) is 0 Å². The second-order valence-electron chi connectivity index (χ2n) is 4.88. The highest BCUT2D eigenvalue weighted by atomic mass is 35.5. The first kappa shape index (κ1) is 14.7. The lowest BCUT2D eigenvalue weighted by Gasteiger charge is -2.07. The molecule has 0 atom stereocenters. The van der Waals surface area contributed by atoms with Gasteiger partial charge in [-0.1, -0.05) is 17.7 Å². The summed E-state index contributed by atoms with van der Waals surface area (Å²) < 4.78 is 26.1. The number of hydrogen-bond donors (Lipinski definition) is 2. The third-order valence-corrected chi connectivity index (χ3v) is 5.29. The largest absolute Gasteiger partial charge is 0.398 e. The highest BCUT2D eigenvalue weighted by Gasteiger charge is 2.23. The van der Waals surface area contributed by atoms with Crippen molar-refractivity contribution in [2.75, 3.05) is 5.73 Å². The summed E-state index contributed by atoms with van der Waals surface area (Å²) in [7, 11) is -4.07. The van der Waals surface area contributed by atoms with Gasteiger partial charge in [-0.05, 0) is 42.8 Å². The van der Waals surface area contributed by atoms with Gasteiger partial charge in [0.15, 0.2) is 0 Å². The number of H-pyrrole nitrogens is 1. The summed E-state index contributed by atoms with van der Waals surface area (Å²) in [6.07, 6.45) is 0. The molecule has 0 aliphatic rings. The fourth-order valence-electron chi connectivity index (χ4n) is 2.23. The SMILES string of the molecule is Cc1cc2[nH]c(=O)n(S(=O)(=O)c3cccc(Cl)c3)c2cc1N. The van der Waals surface area contributed by atoms with Crippen molar-refractivity contribution >= 4 is 38.3 Å². The third-order valence-electron chi connectivity index (χ3n) is 3.36. The Kier molecular flexibility index (Phi) is 3.26. The van der Waals surface area contributed by atoms with E-state index in [1.165, 1.54) is 24.3 Å². The number of anilines is 1. The third kappa shape index (κ3) is 2.18. The van der Waals surface area contributed by atoms with Crippen LogP contribution in [0.25, 0.3) is 11.0 Å². The minimum Gasteiger partial charge on any atom is -0.398 e. The number of imidazole rings is 1. The lowest BCUT2D eigenvalue weighted by Crippen LogP contribution is -2.25. The van der Waals surface area contributed by atoms with E-state index in [-0.39, 0.29) is 15.4 Å². The molecule has 3 N–H and O–H groups in total. The number of fused-ring (bicyclic) bond motifs is 1. The Bertz CT molecular complexity index is 1050. The normalized spacial score (nSPS) is 11.9. The molecule has 0 unspecified atom stereocenters. The summed E-state index contributed by atoms with van der Waals surface area (Å²) in [6.45, 7) is 1.77. The van der Waals surface area contributed by atoms with E-state index in [1.807, 2.05) is 0 Å². The molecule has 0 saturated carbocycles. The van der Waals surface area contributed by atoms with Crippen LogP contribution in [-0.2, 0) is 10.0 Å². The number of nitrogens with two attached hydrogens (primary N) is 1. The van der Waals surface area contributed by atoms with Gasteiger partial charge in [-0.15, -0.1) is 0 Å². The van der Waals surface area contributed by atoms with Gasteiger partial charge in [-0.25, -0.2) is 13.2 Å². The number of rotatable bonds is 2. The number of aryl methyl sites for hydroxylation is 1. The molecule has 114 valence electrons. The van der Waals surface area contributed by atoms with Gasteiger partial charge in [0.1, 0.15) is 0 Å². The first-order valence-corrected chi connectivity index (χ1v) is 8.14. The Balaban J connectivity index is 2.37. The van der Waals surface area contributed by atoms with E-state index in [0.29, 0.717) is 15.2 Å². The number of nitrogens with zero attached hydrogens (tertiary/aromatic N) is 1. The Morgan fingerprint density at radius 2 is 1.95 bits per heavy atom. The van der Waals surface area contributed by atoms with E-state index < -0.39 is 15.7 Å². The molecule has 0 aliphatic carbocycles. The number of nitrogen functional groups attached to an aromatic ring is 1. The number of aromatic nitrogens is 2. The lowest BCUT2D eigenvalue weighted by molar-refractivity contribution is 0.587. The monoisotopic (exact) mass is 337 g/mol. The average molecular weight is 338 g/mol. The molecular weight excluding hydrogens is 326 g/mol. The second-order valence-corrected chi connectivity index (χ2v) is 7.11. The lowest BCUT2D eigenvalue weighted by atomic mass is 10.2. The summed E-state index contributed by atoms with van der Waals surface area (Å²) in [5.41, 5.74) is 6.84. The highest BCUT2D eigenvalue weighted by molar-refractivity contribution is 7.90. The van der Waals surface area contributed by atoms with E-state index in [9.17, 15) is 13.2 Å². The molecule has 0 aliphatic heterocycles. The molecular formula is C14H12ClN3O3S. The van der Waals surface area contributed by atoms with E-state index in [0.717, 1.165) is 5.56 Å². The van der Waals surface area contributed by atoms with Crippen molar-refractivity contribution in [2.24, 2.45) is 0 Å². The van der Waals surface area contributed by atoms with Gasteiger partial charge >= 0.3 is 5.69 Å². The molecule has 0 fully saturated rings. The predicted molar refractivity (Wildman–Crippen MR) is 85.7 cm³/mol. The maximum Gasteiger partial charge on any atom is 0.340 e. The van der Waals surface area contributed by atoms with Crippen LogP contribution in [-0.4, -0.2) is 17.4 Å². The van der Waals surface area contributed by atoms with Crippen molar-refractivity contribution in [3.63, 3.8) is 0 Å². The first-order chi connectivity index (χ1) is 10.3. The maximum absolute atomic E-state index is 12.7. The number of hydrogen-bond acceptors (Lipinski definition) is 4. The van der Waals surface area contributed by atoms with E-state index >= 15 is 0 Å².